The Morgan fingerprint density at radius 1 is 1.50 bits per heavy atom. The van der Waals surface area contributed by atoms with Gasteiger partial charge in [-0.1, -0.05) is 19.8 Å². The van der Waals surface area contributed by atoms with Gasteiger partial charge < -0.3 is 11.1 Å². The standard InChI is InChI=1S/C13H23N3/c1-3-4-5-11(2)16-10-12-6-7-15-13(8-12)9-14/h6-8,11,16H,3-5,9-10,14H2,1-2H3. The van der Waals surface area contributed by atoms with E-state index in [2.05, 4.69) is 30.2 Å². The minimum atomic E-state index is 0.513. The van der Waals surface area contributed by atoms with E-state index in [4.69, 9.17) is 5.73 Å². The van der Waals surface area contributed by atoms with E-state index in [1.54, 1.807) is 0 Å². The summed E-state index contributed by atoms with van der Waals surface area (Å²) in [6, 6.07) is 4.69. The molecule has 1 rings (SSSR count). The summed E-state index contributed by atoms with van der Waals surface area (Å²) in [6.07, 6.45) is 5.62. The molecule has 90 valence electrons. The van der Waals surface area contributed by atoms with Gasteiger partial charge in [-0.05, 0) is 31.0 Å². The Bertz CT molecular complexity index is 299. The molecule has 0 aromatic carbocycles. The van der Waals surface area contributed by atoms with Crippen molar-refractivity contribution in [3.05, 3.63) is 29.6 Å². The van der Waals surface area contributed by atoms with E-state index in [1.165, 1.54) is 24.8 Å². The molecule has 0 aliphatic heterocycles. The molecule has 1 atom stereocenters. The molecule has 0 amide bonds. The van der Waals surface area contributed by atoms with Gasteiger partial charge in [0.15, 0.2) is 0 Å². The molecule has 3 N–H and O–H groups in total. The van der Waals surface area contributed by atoms with Crippen molar-refractivity contribution in [1.82, 2.24) is 10.3 Å². The lowest BCUT2D eigenvalue weighted by molar-refractivity contribution is 0.494. The molecule has 0 aliphatic carbocycles. The highest BCUT2D eigenvalue weighted by atomic mass is 14.9. The minimum absolute atomic E-state index is 0.513. The summed E-state index contributed by atoms with van der Waals surface area (Å²) in [5, 5.41) is 3.52. The van der Waals surface area contributed by atoms with Crippen LogP contribution >= 0.6 is 0 Å². The van der Waals surface area contributed by atoms with Crippen molar-refractivity contribution in [3.63, 3.8) is 0 Å². The van der Waals surface area contributed by atoms with Gasteiger partial charge in [0.25, 0.3) is 0 Å². The smallest absolute Gasteiger partial charge is 0.0542 e. The van der Waals surface area contributed by atoms with Crippen molar-refractivity contribution < 1.29 is 0 Å². The number of pyridine rings is 1. The van der Waals surface area contributed by atoms with Gasteiger partial charge in [0, 0.05) is 25.3 Å². The van der Waals surface area contributed by atoms with Crippen LogP contribution in [0.1, 0.15) is 44.4 Å². The van der Waals surface area contributed by atoms with Crippen molar-refractivity contribution in [2.24, 2.45) is 5.73 Å². The summed E-state index contributed by atoms with van der Waals surface area (Å²) >= 11 is 0. The summed E-state index contributed by atoms with van der Waals surface area (Å²) in [6.45, 7) is 5.88. The van der Waals surface area contributed by atoms with Gasteiger partial charge >= 0.3 is 0 Å². The average Bonchev–Trinajstić information content (AvgIpc) is 2.34. The summed E-state index contributed by atoms with van der Waals surface area (Å²) in [7, 11) is 0. The molecule has 3 heteroatoms. The van der Waals surface area contributed by atoms with Crippen molar-refractivity contribution in [2.75, 3.05) is 0 Å². The number of hydrogen-bond acceptors (Lipinski definition) is 3. The van der Waals surface area contributed by atoms with E-state index in [0.717, 1.165) is 12.2 Å². The lowest BCUT2D eigenvalue weighted by Gasteiger charge is -2.13. The van der Waals surface area contributed by atoms with Crippen molar-refractivity contribution >= 4 is 0 Å². The van der Waals surface area contributed by atoms with Gasteiger partial charge in [-0.3, -0.25) is 4.98 Å². The van der Waals surface area contributed by atoms with E-state index in [9.17, 15) is 0 Å². The monoisotopic (exact) mass is 221 g/mol. The second-order valence-corrected chi connectivity index (χ2v) is 4.28. The van der Waals surface area contributed by atoms with Crippen LogP contribution in [0.25, 0.3) is 0 Å². The number of unbranched alkanes of at least 4 members (excludes halogenated alkanes) is 1. The van der Waals surface area contributed by atoms with E-state index >= 15 is 0 Å². The third-order valence-corrected chi connectivity index (χ3v) is 2.74. The lowest BCUT2D eigenvalue weighted by Crippen LogP contribution is -2.25. The van der Waals surface area contributed by atoms with Gasteiger partial charge in [0.2, 0.25) is 0 Å². The molecule has 0 fully saturated rings. The van der Waals surface area contributed by atoms with Gasteiger partial charge in [0.05, 0.1) is 5.69 Å². The van der Waals surface area contributed by atoms with Gasteiger partial charge in [-0.2, -0.15) is 0 Å². The third-order valence-electron chi connectivity index (χ3n) is 2.74. The van der Waals surface area contributed by atoms with Crippen LogP contribution < -0.4 is 11.1 Å². The van der Waals surface area contributed by atoms with Crippen molar-refractivity contribution in [1.29, 1.82) is 0 Å². The maximum absolute atomic E-state index is 5.56. The number of rotatable bonds is 7. The fourth-order valence-corrected chi connectivity index (χ4v) is 1.65. The molecular weight excluding hydrogens is 198 g/mol. The van der Waals surface area contributed by atoms with E-state index < -0.39 is 0 Å². The Kier molecular flexibility index (Phi) is 6.04. The molecule has 0 aliphatic rings. The average molecular weight is 221 g/mol. The van der Waals surface area contributed by atoms with Crippen LogP contribution in [0, 0.1) is 0 Å². The fraction of sp³-hybridized carbons (Fsp3) is 0.615. The normalized spacial score (nSPS) is 12.7. The second-order valence-electron chi connectivity index (χ2n) is 4.28. The predicted molar refractivity (Wildman–Crippen MR) is 68.0 cm³/mol. The van der Waals surface area contributed by atoms with Crippen LogP contribution in [0.3, 0.4) is 0 Å². The number of nitrogens with zero attached hydrogens (tertiary/aromatic N) is 1. The number of hydrogen-bond donors (Lipinski definition) is 2. The van der Waals surface area contributed by atoms with Crippen LogP contribution in [-0.2, 0) is 13.1 Å². The van der Waals surface area contributed by atoms with E-state index in [0.29, 0.717) is 12.6 Å². The zero-order valence-electron chi connectivity index (χ0n) is 10.4. The SMILES string of the molecule is CCCCC(C)NCc1ccnc(CN)c1. The molecule has 0 saturated carbocycles. The van der Waals surface area contributed by atoms with Crippen LogP contribution in [0.4, 0.5) is 0 Å². The van der Waals surface area contributed by atoms with Crippen LogP contribution in [0.5, 0.6) is 0 Å². The molecule has 0 saturated heterocycles. The third kappa shape index (κ3) is 4.73. The van der Waals surface area contributed by atoms with Crippen LogP contribution in [0.2, 0.25) is 0 Å². The summed E-state index contributed by atoms with van der Waals surface area (Å²) < 4.78 is 0. The molecule has 1 heterocycles. The number of aromatic nitrogens is 1. The van der Waals surface area contributed by atoms with Gasteiger partial charge in [0.1, 0.15) is 0 Å². The lowest BCUT2D eigenvalue weighted by atomic mass is 10.1. The molecule has 1 aromatic heterocycles. The zero-order chi connectivity index (χ0) is 11.8. The quantitative estimate of drug-likeness (QED) is 0.742. The van der Waals surface area contributed by atoms with E-state index in [-0.39, 0.29) is 0 Å². The summed E-state index contributed by atoms with van der Waals surface area (Å²) in [4.78, 5) is 4.18. The van der Waals surface area contributed by atoms with Crippen molar-refractivity contribution in [2.45, 2.75) is 52.2 Å². The zero-order valence-corrected chi connectivity index (χ0v) is 10.4. The minimum Gasteiger partial charge on any atom is -0.325 e. The first kappa shape index (κ1) is 13.1. The second kappa shape index (κ2) is 7.36. The summed E-state index contributed by atoms with van der Waals surface area (Å²) in [5.41, 5.74) is 7.78. The highest BCUT2D eigenvalue weighted by Gasteiger charge is 2.01. The molecule has 16 heavy (non-hydrogen) atoms. The fourth-order valence-electron chi connectivity index (χ4n) is 1.65. The first-order chi connectivity index (χ1) is 7.76. The molecule has 1 unspecified atom stereocenters. The Hall–Kier alpha value is -0.930. The Morgan fingerprint density at radius 3 is 3.00 bits per heavy atom. The van der Waals surface area contributed by atoms with E-state index in [1.807, 2.05) is 12.3 Å². The Morgan fingerprint density at radius 2 is 2.31 bits per heavy atom. The molecule has 0 bridgehead atoms. The van der Waals surface area contributed by atoms with Crippen molar-refractivity contribution in [3.8, 4) is 0 Å². The maximum Gasteiger partial charge on any atom is 0.0542 e. The molecule has 0 spiro atoms. The van der Waals surface area contributed by atoms with Crippen LogP contribution in [-0.4, -0.2) is 11.0 Å². The Balaban J connectivity index is 2.35. The number of nitrogens with two attached hydrogens (primary N) is 1. The highest BCUT2D eigenvalue weighted by molar-refractivity contribution is 5.16. The predicted octanol–water partition coefficient (Wildman–Crippen LogP) is 2.21. The molecule has 0 radical (unpaired) electrons. The first-order valence-corrected chi connectivity index (χ1v) is 6.13. The maximum atomic E-state index is 5.56. The molecule has 3 nitrogen and oxygen atoms in total. The van der Waals surface area contributed by atoms with Crippen LogP contribution in [0.15, 0.2) is 18.3 Å². The Labute approximate surface area is 98.5 Å². The molecular formula is C13H23N3. The highest BCUT2D eigenvalue weighted by Crippen LogP contribution is 2.04. The first-order valence-electron chi connectivity index (χ1n) is 6.13. The molecule has 1 aromatic rings. The van der Waals surface area contributed by atoms with Gasteiger partial charge in [-0.25, -0.2) is 0 Å². The van der Waals surface area contributed by atoms with Gasteiger partial charge in [-0.15, -0.1) is 0 Å². The number of nitrogens with one attached hydrogen (secondary N) is 1. The summed E-state index contributed by atoms with van der Waals surface area (Å²) in [5.74, 6) is 0. The largest absolute Gasteiger partial charge is 0.325 e. The topological polar surface area (TPSA) is 50.9 Å².